The number of aromatic nitrogens is 2. The van der Waals surface area contributed by atoms with E-state index < -0.39 is 35.5 Å². The molecule has 0 radical (unpaired) electrons. The zero-order valence-corrected chi connectivity index (χ0v) is 34.2. The van der Waals surface area contributed by atoms with Crippen molar-refractivity contribution >= 4 is 58.5 Å². The van der Waals surface area contributed by atoms with Crippen molar-refractivity contribution < 1.29 is 28.4 Å². The van der Waals surface area contributed by atoms with E-state index in [-0.39, 0.29) is 47.0 Å². The Hall–Kier alpha value is -5.66. The zero-order valence-electron chi connectivity index (χ0n) is 33.4. The van der Waals surface area contributed by atoms with Crippen molar-refractivity contribution in [2.24, 2.45) is 5.41 Å². The van der Waals surface area contributed by atoms with Crippen LogP contribution in [0.3, 0.4) is 0 Å². The average molecular weight is 837 g/mol. The summed E-state index contributed by atoms with van der Waals surface area (Å²) < 4.78 is 15.5. The third-order valence-corrected chi connectivity index (χ3v) is 13.9. The number of piperazine rings is 1. The van der Waals surface area contributed by atoms with Crippen LogP contribution in [0.15, 0.2) is 42.7 Å². The van der Waals surface area contributed by atoms with Gasteiger partial charge in [0.1, 0.15) is 17.9 Å². The molecule has 0 bridgehead atoms. The quantitative estimate of drug-likeness (QED) is 0.357. The maximum Gasteiger partial charge on any atom is 0.262 e. The van der Waals surface area contributed by atoms with Gasteiger partial charge in [-0.05, 0) is 81.2 Å². The van der Waals surface area contributed by atoms with E-state index in [1.54, 1.807) is 18.5 Å². The van der Waals surface area contributed by atoms with Crippen LogP contribution in [-0.4, -0.2) is 131 Å². The molecule has 0 aliphatic carbocycles. The summed E-state index contributed by atoms with van der Waals surface area (Å²) in [6.45, 7) is 8.41. The summed E-state index contributed by atoms with van der Waals surface area (Å²) in [5, 5.41) is 11.9. The van der Waals surface area contributed by atoms with Crippen LogP contribution in [0.1, 0.15) is 88.5 Å². The third kappa shape index (κ3) is 7.21. The van der Waals surface area contributed by atoms with Crippen LogP contribution in [0.2, 0.25) is 5.02 Å². The molecule has 0 saturated carbocycles. The van der Waals surface area contributed by atoms with E-state index in [0.717, 1.165) is 68.4 Å². The molecule has 5 amide bonds. The first-order chi connectivity index (χ1) is 28.9. The van der Waals surface area contributed by atoms with Crippen molar-refractivity contribution in [2.45, 2.75) is 70.0 Å². The predicted octanol–water partition coefficient (Wildman–Crippen LogP) is 3.85. The smallest absolute Gasteiger partial charge is 0.262 e. The number of nitriles is 1. The molecule has 9 rings (SSSR count). The number of carbonyl (C=O) groups excluding carboxylic acids is 5. The second-order valence-electron chi connectivity index (χ2n) is 17.1. The van der Waals surface area contributed by atoms with Crippen molar-refractivity contribution in [1.29, 1.82) is 5.26 Å². The number of hydrogen-bond acceptors (Lipinski definition) is 12. The number of piperidine rings is 3. The predicted molar refractivity (Wildman–Crippen MR) is 219 cm³/mol. The Morgan fingerprint density at radius 2 is 1.58 bits per heavy atom. The van der Waals surface area contributed by atoms with Gasteiger partial charge in [0.25, 0.3) is 17.7 Å². The number of anilines is 3. The van der Waals surface area contributed by atoms with Crippen LogP contribution >= 0.6 is 11.6 Å². The van der Waals surface area contributed by atoms with Crippen molar-refractivity contribution in [3.63, 3.8) is 0 Å². The molecule has 17 heteroatoms. The summed E-state index contributed by atoms with van der Waals surface area (Å²) >= 11 is 6.36. The lowest BCUT2D eigenvalue weighted by molar-refractivity contribution is -0.136. The number of benzene rings is 2. The number of nitrogens with zero attached hydrogens (tertiary/aromatic N) is 9. The van der Waals surface area contributed by atoms with Gasteiger partial charge in [0, 0.05) is 95.5 Å². The second-order valence-corrected chi connectivity index (χ2v) is 17.5. The number of rotatable bonds is 6. The molecule has 15 nitrogen and oxygen atoms in total. The van der Waals surface area contributed by atoms with Gasteiger partial charge in [0.2, 0.25) is 17.8 Å². The minimum Gasteiger partial charge on any atom is -0.368 e. The number of nitrogens with one attached hydrogen (secondary N) is 1. The molecule has 6 aliphatic heterocycles. The fourth-order valence-electron chi connectivity index (χ4n) is 10.2. The minimum absolute atomic E-state index is 0.00776. The normalized spacial score (nSPS) is 23.7. The maximum atomic E-state index is 15.5. The molecule has 5 fully saturated rings. The lowest BCUT2D eigenvalue weighted by Crippen LogP contribution is -2.54. The third-order valence-electron chi connectivity index (χ3n) is 13.6. The highest BCUT2D eigenvalue weighted by Gasteiger charge is 2.46. The van der Waals surface area contributed by atoms with Gasteiger partial charge < -0.3 is 19.6 Å². The lowest BCUT2D eigenvalue weighted by atomic mass is 9.77. The molecule has 60 heavy (non-hydrogen) atoms. The van der Waals surface area contributed by atoms with Gasteiger partial charge in [-0.25, -0.2) is 14.4 Å². The van der Waals surface area contributed by atoms with Crippen LogP contribution in [0.5, 0.6) is 0 Å². The highest BCUT2D eigenvalue weighted by Crippen LogP contribution is 2.46. The summed E-state index contributed by atoms with van der Waals surface area (Å²) in [6.07, 6.45) is 8.02. The maximum absolute atomic E-state index is 15.5. The summed E-state index contributed by atoms with van der Waals surface area (Å²) in [6, 6.07) is 9.82. The fourth-order valence-corrected chi connectivity index (χ4v) is 10.5. The average Bonchev–Trinajstić information content (AvgIpc) is 3.70. The molecule has 1 unspecified atom stereocenters. The Labute approximate surface area is 352 Å². The number of likely N-dealkylation sites (tertiary alicyclic amines) is 1. The van der Waals surface area contributed by atoms with Crippen LogP contribution in [0.4, 0.5) is 21.7 Å². The number of hydrogen-bond donors (Lipinski definition) is 1. The van der Waals surface area contributed by atoms with Gasteiger partial charge >= 0.3 is 0 Å². The molecular formula is C43H46ClFN10O5. The van der Waals surface area contributed by atoms with Crippen LogP contribution in [0.25, 0.3) is 0 Å². The van der Waals surface area contributed by atoms with E-state index in [1.807, 2.05) is 21.9 Å². The van der Waals surface area contributed by atoms with Gasteiger partial charge in [-0.3, -0.25) is 39.1 Å². The summed E-state index contributed by atoms with van der Waals surface area (Å²) in [4.78, 5) is 84.9. The number of imide groups is 2. The van der Waals surface area contributed by atoms with Gasteiger partial charge in [-0.2, -0.15) is 5.26 Å². The standard InChI is InChI=1S/C43H46ClFN10O5/c1-26-21-43(25-54(26)30-3-2-27(22-46)33(44)18-30)8-12-53(13-9-43)42-47-23-28(24-48-42)39(58)52-10-6-29(7-11-52)50-14-16-51(17-15-50)36-20-32-31(19-34(36)45)40(59)55(41(32)60)35-4-5-37(56)49-38(35)57/h2-3,18-20,23-24,26,29,35H,4-17,21,25H2,1H3,(H,49,56,57)/t26-,35?/m0/s1. The van der Waals surface area contributed by atoms with Crippen molar-refractivity contribution in [1.82, 2.24) is 30.0 Å². The molecule has 1 spiro atoms. The molecule has 6 aliphatic rings. The molecule has 1 aromatic heterocycles. The molecule has 3 aromatic rings. The van der Waals surface area contributed by atoms with E-state index in [4.69, 9.17) is 11.6 Å². The Morgan fingerprint density at radius 3 is 2.23 bits per heavy atom. The lowest BCUT2D eigenvalue weighted by Gasteiger charge is -2.43. The SMILES string of the molecule is C[C@H]1CC2(CCN(c3ncc(C(=O)N4CCC(N5CCN(c6cc7c(cc6F)C(=O)N(C6CCC(=O)NC6=O)C7=O)CC5)CC4)cn3)CC2)CN1c1ccc(C#N)c(Cl)c1. The number of halogens is 2. The van der Waals surface area contributed by atoms with E-state index in [0.29, 0.717) is 67.4 Å². The van der Waals surface area contributed by atoms with Gasteiger partial charge in [0.05, 0.1) is 33.0 Å². The Kier molecular flexibility index (Phi) is 10.4. The van der Waals surface area contributed by atoms with Gasteiger partial charge in [-0.1, -0.05) is 11.6 Å². The zero-order chi connectivity index (χ0) is 41.9. The Bertz CT molecular complexity index is 2300. The van der Waals surface area contributed by atoms with E-state index >= 15 is 4.39 Å². The van der Waals surface area contributed by atoms with Crippen LogP contribution in [-0.2, 0) is 9.59 Å². The largest absolute Gasteiger partial charge is 0.368 e. The van der Waals surface area contributed by atoms with Crippen LogP contribution < -0.4 is 20.0 Å². The van der Waals surface area contributed by atoms with E-state index in [1.165, 1.54) is 6.07 Å². The van der Waals surface area contributed by atoms with Crippen LogP contribution in [0, 0.1) is 22.6 Å². The molecular weight excluding hydrogens is 791 g/mol. The Balaban J connectivity index is 0.745. The topological polar surface area (TPSA) is 166 Å². The molecule has 2 atom stereocenters. The summed E-state index contributed by atoms with van der Waals surface area (Å²) in [7, 11) is 0. The number of fused-ring (bicyclic) bond motifs is 1. The molecule has 7 heterocycles. The van der Waals surface area contributed by atoms with E-state index in [9.17, 15) is 29.2 Å². The fraction of sp³-hybridized carbons (Fsp3) is 0.488. The number of amides is 5. The van der Waals surface area contributed by atoms with Crippen molar-refractivity contribution in [2.75, 3.05) is 73.6 Å². The molecule has 312 valence electrons. The molecule has 5 saturated heterocycles. The highest BCUT2D eigenvalue weighted by atomic mass is 35.5. The highest BCUT2D eigenvalue weighted by molar-refractivity contribution is 6.32. The van der Waals surface area contributed by atoms with Gasteiger partial charge in [0.15, 0.2) is 0 Å². The monoisotopic (exact) mass is 836 g/mol. The van der Waals surface area contributed by atoms with E-state index in [2.05, 4.69) is 43.0 Å². The minimum atomic E-state index is -1.11. The molecule has 1 N–H and O–H groups in total. The Morgan fingerprint density at radius 1 is 0.900 bits per heavy atom. The second kappa shape index (κ2) is 15.7. The van der Waals surface area contributed by atoms with Crippen molar-refractivity contribution in [3.05, 3.63) is 75.8 Å². The van der Waals surface area contributed by atoms with Gasteiger partial charge in [-0.15, -0.1) is 0 Å². The number of carbonyl (C=O) groups is 5. The summed E-state index contributed by atoms with van der Waals surface area (Å²) in [5.74, 6) is -2.62. The first-order valence-corrected chi connectivity index (χ1v) is 21.2. The summed E-state index contributed by atoms with van der Waals surface area (Å²) in [5.41, 5.74) is 2.40. The first-order valence-electron chi connectivity index (χ1n) is 20.8. The first kappa shape index (κ1) is 39.8. The molecule has 2 aromatic carbocycles. The van der Waals surface area contributed by atoms with Crippen molar-refractivity contribution in [3.8, 4) is 6.07 Å².